The topological polar surface area (TPSA) is 110 Å². The number of aromatic amines is 1. The maximum Gasteiger partial charge on any atom is 0.246 e. The zero-order chi connectivity index (χ0) is 22.5. The highest BCUT2D eigenvalue weighted by Crippen LogP contribution is 2.44. The van der Waals surface area contributed by atoms with E-state index in [0.29, 0.717) is 30.9 Å². The molecule has 3 atom stereocenters. The number of hydrogen-bond acceptors (Lipinski definition) is 5. The Balaban J connectivity index is 1.49. The molecule has 4 heterocycles. The predicted octanol–water partition coefficient (Wildman–Crippen LogP) is 2.37. The van der Waals surface area contributed by atoms with Gasteiger partial charge in [0.25, 0.3) is 0 Å². The number of carbonyl (C=O) groups is 2. The second-order valence-electron chi connectivity index (χ2n) is 8.89. The summed E-state index contributed by atoms with van der Waals surface area (Å²) in [5.74, 6) is 1.18. The van der Waals surface area contributed by atoms with Gasteiger partial charge in [-0.3, -0.25) is 9.59 Å². The number of fused-ring (bicyclic) bond motifs is 5. The molecule has 3 aliphatic heterocycles. The number of hydrogen-bond donors (Lipinski definition) is 3. The van der Waals surface area contributed by atoms with Crippen LogP contribution in [-0.4, -0.2) is 47.1 Å². The van der Waals surface area contributed by atoms with Gasteiger partial charge < -0.3 is 30.4 Å². The monoisotopic (exact) mass is 446 g/mol. The van der Waals surface area contributed by atoms with Crippen LogP contribution in [0.3, 0.4) is 0 Å². The molecule has 2 amide bonds. The molecule has 4 N–H and O–H groups in total. The summed E-state index contributed by atoms with van der Waals surface area (Å²) in [5.41, 5.74) is 9.56. The number of ether oxygens (including phenoxy) is 2. The van der Waals surface area contributed by atoms with E-state index < -0.39 is 18.1 Å². The van der Waals surface area contributed by atoms with Gasteiger partial charge in [0.15, 0.2) is 11.5 Å². The van der Waals surface area contributed by atoms with Crippen LogP contribution in [0.25, 0.3) is 10.9 Å². The minimum atomic E-state index is -0.564. The lowest BCUT2D eigenvalue weighted by molar-refractivity contribution is -0.152. The summed E-state index contributed by atoms with van der Waals surface area (Å²) < 4.78 is 11.1. The van der Waals surface area contributed by atoms with Crippen molar-refractivity contribution in [2.24, 2.45) is 5.73 Å². The molecule has 0 bridgehead atoms. The van der Waals surface area contributed by atoms with Crippen LogP contribution in [-0.2, 0) is 16.0 Å². The Morgan fingerprint density at radius 3 is 2.79 bits per heavy atom. The number of carbonyl (C=O) groups excluding carboxylic acids is 2. The summed E-state index contributed by atoms with van der Waals surface area (Å²) in [4.78, 5) is 32.3. The van der Waals surface area contributed by atoms with Crippen molar-refractivity contribution >= 4 is 22.7 Å². The van der Waals surface area contributed by atoms with Gasteiger partial charge in [-0.25, -0.2) is 0 Å². The molecule has 1 unspecified atom stereocenters. The number of nitrogens with zero attached hydrogens (tertiary/aromatic N) is 1. The highest BCUT2D eigenvalue weighted by atomic mass is 16.7. The van der Waals surface area contributed by atoms with Gasteiger partial charge in [-0.15, -0.1) is 0 Å². The maximum atomic E-state index is 13.8. The van der Waals surface area contributed by atoms with Crippen molar-refractivity contribution in [1.29, 1.82) is 0 Å². The van der Waals surface area contributed by atoms with E-state index in [1.807, 2.05) is 36.4 Å². The Bertz CT molecular complexity index is 1250. The standard InChI is InChI=1S/C25H26N4O4/c26-10-4-3-7-18-25(31)29-19(24(30)28-18)12-16-15-5-1-2-6-17(15)27-22(16)23(29)14-8-9-20-21(11-14)33-13-32-20/h1-2,5-6,8-9,11,18-19,23,27H,3-4,7,10,12-13,26H2,(H,28,30)/t18-,19-,23?/m1/s1. The van der Waals surface area contributed by atoms with Gasteiger partial charge in [-0.2, -0.15) is 0 Å². The van der Waals surface area contributed by atoms with Gasteiger partial charge in [0.1, 0.15) is 12.1 Å². The lowest BCUT2D eigenvalue weighted by Gasteiger charge is -2.46. The second kappa shape index (κ2) is 7.81. The van der Waals surface area contributed by atoms with Crippen molar-refractivity contribution in [3.8, 4) is 11.5 Å². The van der Waals surface area contributed by atoms with Crippen LogP contribution in [0.15, 0.2) is 42.5 Å². The third-order valence-electron chi connectivity index (χ3n) is 6.96. The second-order valence-corrected chi connectivity index (χ2v) is 8.89. The van der Waals surface area contributed by atoms with E-state index in [1.54, 1.807) is 4.90 Å². The van der Waals surface area contributed by atoms with Gasteiger partial charge >= 0.3 is 0 Å². The highest BCUT2D eigenvalue weighted by Gasteiger charge is 2.49. The molecule has 3 aromatic rings. The lowest BCUT2D eigenvalue weighted by atomic mass is 9.85. The van der Waals surface area contributed by atoms with Crippen LogP contribution in [0.2, 0.25) is 0 Å². The molecule has 170 valence electrons. The molecule has 0 saturated carbocycles. The van der Waals surface area contributed by atoms with E-state index in [-0.39, 0.29) is 18.6 Å². The molecule has 1 aromatic heterocycles. The zero-order valence-corrected chi connectivity index (χ0v) is 18.2. The van der Waals surface area contributed by atoms with Gasteiger partial charge in [-0.05, 0) is 55.1 Å². The molecule has 0 aliphatic carbocycles. The van der Waals surface area contributed by atoms with Crippen molar-refractivity contribution in [3.63, 3.8) is 0 Å². The Hall–Kier alpha value is -3.52. The first-order chi connectivity index (χ1) is 16.2. The summed E-state index contributed by atoms with van der Waals surface area (Å²) in [7, 11) is 0. The summed E-state index contributed by atoms with van der Waals surface area (Å²) in [6.45, 7) is 0.747. The van der Waals surface area contributed by atoms with Gasteiger partial charge in [-0.1, -0.05) is 24.3 Å². The molecule has 6 rings (SSSR count). The van der Waals surface area contributed by atoms with Gasteiger partial charge in [0, 0.05) is 23.0 Å². The first kappa shape index (κ1) is 20.1. The first-order valence-corrected chi connectivity index (χ1v) is 11.5. The van der Waals surface area contributed by atoms with Gasteiger partial charge in [0.2, 0.25) is 18.6 Å². The Morgan fingerprint density at radius 1 is 1.06 bits per heavy atom. The summed E-state index contributed by atoms with van der Waals surface area (Å²) >= 11 is 0. The van der Waals surface area contributed by atoms with Crippen LogP contribution in [0.4, 0.5) is 0 Å². The number of H-pyrrole nitrogens is 1. The van der Waals surface area contributed by atoms with E-state index >= 15 is 0 Å². The number of para-hydroxylation sites is 1. The zero-order valence-electron chi connectivity index (χ0n) is 18.2. The summed E-state index contributed by atoms with van der Waals surface area (Å²) in [5, 5.41) is 4.07. The van der Waals surface area contributed by atoms with E-state index in [4.69, 9.17) is 15.2 Å². The van der Waals surface area contributed by atoms with Crippen LogP contribution in [0.5, 0.6) is 11.5 Å². The van der Waals surface area contributed by atoms with Crippen molar-refractivity contribution in [3.05, 3.63) is 59.3 Å². The normalized spacial score (nSPS) is 23.4. The Labute approximate surface area is 191 Å². The first-order valence-electron chi connectivity index (χ1n) is 11.5. The molecule has 1 fully saturated rings. The van der Waals surface area contributed by atoms with Crippen molar-refractivity contribution in [2.75, 3.05) is 13.3 Å². The van der Waals surface area contributed by atoms with E-state index in [1.165, 1.54) is 0 Å². The molecule has 0 spiro atoms. The van der Waals surface area contributed by atoms with Crippen LogP contribution >= 0.6 is 0 Å². The molecular weight excluding hydrogens is 420 g/mol. The number of amides is 2. The number of unbranched alkanes of at least 4 members (excludes halogenated alkanes) is 1. The number of benzene rings is 2. The Morgan fingerprint density at radius 2 is 1.91 bits per heavy atom. The minimum absolute atomic E-state index is 0.0522. The van der Waals surface area contributed by atoms with E-state index in [0.717, 1.165) is 40.6 Å². The van der Waals surface area contributed by atoms with Crippen LogP contribution < -0.4 is 20.5 Å². The smallest absolute Gasteiger partial charge is 0.246 e. The van der Waals surface area contributed by atoms with Crippen molar-refractivity contribution in [2.45, 2.75) is 43.8 Å². The lowest BCUT2D eigenvalue weighted by Crippen LogP contribution is -2.65. The average molecular weight is 447 g/mol. The molecule has 0 radical (unpaired) electrons. The molecule has 2 aromatic carbocycles. The van der Waals surface area contributed by atoms with E-state index in [2.05, 4.69) is 16.4 Å². The fourth-order valence-corrected chi connectivity index (χ4v) is 5.39. The minimum Gasteiger partial charge on any atom is -0.454 e. The van der Waals surface area contributed by atoms with Gasteiger partial charge in [0.05, 0.1) is 6.04 Å². The maximum absolute atomic E-state index is 13.8. The molecule has 33 heavy (non-hydrogen) atoms. The predicted molar refractivity (Wildman–Crippen MR) is 122 cm³/mol. The number of piperazine rings is 1. The largest absolute Gasteiger partial charge is 0.454 e. The highest BCUT2D eigenvalue weighted by molar-refractivity contribution is 5.99. The van der Waals surface area contributed by atoms with Crippen LogP contribution in [0, 0.1) is 0 Å². The Kier molecular flexibility index (Phi) is 4.76. The fraction of sp³-hybridized carbons (Fsp3) is 0.360. The molecule has 1 saturated heterocycles. The average Bonchev–Trinajstić information content (AvgIpc) is 3.45. The number of rotatable bonds is 5. The molecule has 8 heteroatoms. The molecule has 8 nitrogen and oxygen atoms in total. The molecular formula is C25H26N4O4. The van der Waals surface area contributed by atoms with Crippen LogP contribution in [0.1, 0.15) is 42.1 Å². The summed E-state index contributed by atoms with van der Waals surface area (Å²) in [6, 6.07) is 12.3. The number of nitrogens with two attached hydrogens (primary N) is 1. The SMILES string of the molecule is NCCCC[C@H]1NC(=O)[C@H]2Cc3c([nH]c4ccccc34)C(c3ccc4c(c3)OCO4)N2C1=O. The molecule has 3 aliphatic rings. The van der Waals surface area contributed by atoms with Crippen molar-refractivity contribution in [1.82, 2.24) is 15.2 Å². The third kappa shape index (κ3) is 3.16. The van der Waals surface area contributed by atoms with E-state index in [9.17, 15) is 9.59 Å². The van der Waals surface area contributed by atoms with Crippen molar-refractivity contribution < 1.29 is 19.1 Å². The fourth-order valence-electron chi connectivity index (χ4n) is 5.39. The quantitative estimate of drug-likeness (QED) is 0.522. The number of aromatic nitrogens is 1. The number of nitrogens with one attached hydrogen (secondary N) is 2. The summed E-state index contributed by atoms with van der Waals surface area (Å²) in [6.07, 6.45) is 2.67. The third-order valence-corrected chi connectivity index (χ3v) is 6.96.